The first-order valence-electron chi connectivity index (χ1n) is 8.33. The van der Waals surface area contributed by atoms with Crippen molar-refractivity contribution in [1.82, 2.24) is 14.9 Å². The van der Waals surface area contributed by atoms with Gasteiger partial charge in [0.05, 0.1) is 12.2 Å². The molecule has 124 valence electrons. The first-order valence-corrected chi connectivity index (χ1v) is 8.33. The van der Waals surface area contributed by atoms with Crippen molar-refractivity contribution >= 4 is 12.1 Å². The Morgan fingerprint density at radius 3 is 2.75 bits per heavy atom. The quantitative estimate of drug-likeness (QED) is 0.842. The smallest absolute Gasteiger partial charge is 0.418 e. The molecule has 4 fully saturated rings. The Kier molecular flexibility index (Phi) is 2.94. The van der Waals surface area contributed by atoms with Gasteiger partial charge in [-0.1, -0.05) is 6.07 Å². The normalized spacial score (nSPS) is 31.7. The Morgan fingerprint density at radius 1 is 1.17 bits per heavy atom. The zero-order valence-electron chi connectivity index (χ0n) is 13.2. The van der Waals surface area contributed by atoms with Crippen LogP contribution in [0.1, 0.15) is 12.8 Å². The van der Waals surface area contributed by atoms with Crippen molar-refractivity contribution in [2.45, 2.75) is 18.4 Å². The van der Waals surface area contributed by atoms with E-state index in [-0.39, 0.29) is 12.1 Å². The van der Waals surface area contributed by atoms with E-state index in [1.165, 1.54) is 11.2 Å². The second-order valence-electron chi connectivity index (χ2n) is 6.80. The van der Waals surface area contributed by atoms with Crippen LogP contribution in [0.4, 0.5) is 10.8 Å². The predicted molar refractivity (Wildman–Crippen MR) is 85.5 cm³/mol. The fourth-order valence-electron chi connectivity index (χ4n) is 4.18. The minimum Gasteiger partial charge on any atom is -0.439 e. The van der Waals surface area contributed by atoms with E-state index in [4.69, 9.17) is 9.15 Å². The molecule has 0 saturated carbocycles. The van der Waals surface area contributed by atoms with Crippen LogP contribution in [0.25, 0.3) is 11.4 Å². The van der Waals surface area contributed by atoms with Gasteiger partial charge in [0.2, 0.25) is 0 Å². The molecule has 6 heterocycles. The van der Waals surface area contributed by atoms with E-state index in [9.17, 15) is 4.79 Å². The van der Waals surface area contributed by atoms with Crippen LogP contribution >= 0.6 is 0 Å². The number of carbonyl (C=O) groups excluding carboxylic acids is 1. The third kappa shape index (κ3) is 2.04. The van der Waals surface area contributed by atoms with Gasteiger partial charge < -0.3 is 9.15 Å². The molecule has 4 saturated heterocycles. The second kappa shape index (κ2) is 5.04. The van der Waals surface area contributed by atoms with Crippen LogP contribution in [0.5, 0.6) is 0 Å². The lowest BCUT2D eigenvalue weighted by Crippen LogP contribution is -2.61. The molecular formula is C17H18N4O3. The topological polar surface area (TPSA) is 71.7 Å². The number of carbonyl (C=O) groups is 1. The number of nitrogens with zero attached hydrogens (tertiary/aromatic N) is 4. The van der Waals surface area contributed by atoms with Gasteiger partial charge in [0.1, 0.15) is 17.6 Å². The van der Waals surface area contributed by atoms with Crippen LogP contribution in [0.3, 0.4) is 0 Å². The van der Waals surface area contributed by atoms with E-state index in [1.807, 2.05) is 18.2 Å². The summed E-state index contributed by atoms with van der Waals surface area (Å²) in [5, 5.41) is 0. The van der Waals surface area contributed by atoms with Gasteiger partial charge in [0.25, 0.3) is 0 Å². The van der Waals surface area contributed by atoms with Crippen LogP contribution < -0.4 is 4.90 Å². The molecule has 2 bridgehead atoms. The van der Waals surface area contributed by atoms with Crippen molar-refractivity contribution in [3.05, 3.63) is 30.7 Å². The van der Waals surface area contributed by atoms with Crippen LogP contribution in [0.2, 0.25) is 0 Å². The number of hydrogen-bond donors (Lipinski definition) is 0. The molecule has 7 heteroatoms. The van der Waals surface area contributed by atoms with Gasteiger partial charge in [-0.25, -0.2) is 9.69 Å². The van der Waals surface area contributed by atoms with Crippen molar-refractivity contribution in [1.29, 1.82) is 0 Å². The first-order chi connectivity index (χ1) is 11.7. The maximum atomic E-state index is 12.4. The molecule has 6 rings (SSSR count). The highest BCUT2D eigenvalue weighted by Gasteiger charge is 2.56. The Bertz CT molecular complexity index is 769. The third-order valence-electron chi connectivity index (χ3n) is 5.41. The highest BCUT2D eigenvalue weighted by molar-refractivity contribution is 5.88. The highest BCUT2D eigenvalue weighted by atomic mass is 16.6. The summed E-state index contributed by atoms with van der Waals surface area (Å²) >= 11 is 0. The number of pyridine rings is 1. The van der Waals surface area contributed by atoms with Gasteiger partial charge in [-0.15, -0.1) is 0 Å². The molecule has 0 aliphatic carbocycles. The summed E-state index contributed by atoms with van der Waals surface area (Å²) in [6.07, 6.45) is 5.05. The number of anilines is 1. The standard InChI is InChI=1S/C17H18N4O3/c22-16-21(11-17(24-16)10-20-7-4-12(17)5-8-20)15-19-14(9-23-15)13-3-1-2-6-18-13/h1-3,6,9,12H,4-5,7-8,10-11H2/t17-/m1/s1. The molecule has 24 heavy (non-hydrogen) atoms. The molecule has 1 atom stereocenters. The van der Waals surface area contributed by atoms with Gasteiger partial charge in [0, 0.05) is 18.7 Å². The van der Waals surface area contributed by atoms with Crippen molar-refractivity contribution in [2.24, 2.45) is 5.92 Å². The first kappa shape index (κ1) is 14.0. The summed E-state index contributed by atoms with van der Waals surface area (Å²) in [5.41, 5.74) is 0.929. The van der Waals surface area contributed by atoms with Crippen molar-refractivity contribution in [3.63, 3.8) is 0 Å². The number of rotatable bonds is 2. The molecule has 0 unspecified atom stereocenters. The monoisotopic (exact) mass is 326 g/mol. The molecule has 0 radical (unpaired) electrons. The third-order valence-corrected chi connectivity index (χ3v) is 5.41. The average molecular weight is 326 g/mol. The second-order valence-corrected chi connectivity index (χ2v) is 6.80. The summed E-state index contributed by atoms with van der Waals surface area (Å²) in [6, 6.07) is 5.88. The number of aromatic nitrogens is 2. The van der Waals surface area contributed by atoms with Crippen LogP contribution in [-0.2, 0) is 4.74 Å². The molecule has 0 N–H and O–H groups in total. The number of hydrogen-bond acceptors (Lipinski definition) is 6. The zero-order valence-corrected chi connectivity index (χ0v) is 13.2. The van der Waals surface area contributed by atoms with E-state index in [0.29, 0.717) is 18.2 Å². The van der Waals surface area contributed by atoms with Gasteiger partial charge in [0.15, 0.2) is 0 Å². The molecule has 7 nitrogen and oxygen atoms in total. The van der Waals surface area contributed by atoms with Crippen molar-refractivity contribution < 1.29 is 13.9 Å². The fraction of sp³-hybridized carbons (Fsp3) is 0.471. The van der Waals surface area contributed by atoms with E-state index in [0.717, 1.165) is 38.2 Å². The molecule has 1 spiro atoms. The largest absolute Gasteiger partial charge is 0.439 e. The van der Waals surface area contributed by atoms with E-state index >= 15 is 0 Å². The van der Waals surface area contributed by atoms with E-state index in [1.54, 1.807) is 6.20 Å². The molecule has 0 aromatic carbocycles. The molecule has 1 amide bonds. The Labute approximate surface area is 139 Å². The number of piperidine rings is 3. The fourth-order valence-corrected chi connectivity index (χ4v) is 4.18. The summed E-state index contributed by atoms with van der Waals surface area (Å²) in [6.45, 7) is 3.53. The average Bonchev–Trinajstić information content (AvgIpc) is 3.22. The summed E-state index contributed by atoms with van der Waals surface area (Å²) in [7, 11) is 0. The highest BCUT2D eigenvalue weighted by Crippen LogP contribution is 2.43. The summed E-state index contributed by atoms with van der Waals surface area (Å²) in [5.74, 6) is 0.432. The zero-order chi connectivity index (χ0) is 16.1. The Hall–Kier alpha value is -2.41. The van der Waals surface area contributed by atoms with Crippen molar-refractivity contribution in [3.8, 4) is 11.4 Å². The number of ether oxygens (including phenoxy) is 1. The van der Waals surface area contributed by atoms with Gasteiger partial charge >= 0.3 is 12.1 Å². The van der Waals surface area contributed by atoms with E-state index < -0.39 is 5.60 Å². The Morgan fingerprint density at radius 2 is 2.04 bits per heavy atom. The number of amides is 1. The molecule has 4 aliphatic rings. The molecule has 2 aromatic heterocycles. The Balaban J connectivity index is 1.42. The molecule has 4 aliphatic heterocycles. The lowest BCUT2D eigenvalue weighted by molar-refractivity contribution is -0.0881. The van der Waals surface area contributed by atoms with E-state index in [2.05, 4.69) is 14.9 Å². The summed E-state index contributed by atoms with van der Waals surface area (Å²) in [4.78, 5) is 25.0. The van der Waals surface area contributed by atoms with Gasteiger partial charge in [-0.05, 0) is 38.1 Å². The number of oxazole rings is 1. The van der Waals surface area contributed by atoms with Crippen LogP contribution in [0.15, 0.2) is 35.1 Å². The van der Waals surface area contributed by atoms with Crippen LogP contribution in [0, 0.1) is 5.92 Å². The van der Waals surface area contributed by atoms with Gasteiger partial charge in [-0.2, -0.15) is 4.98 Å². The maximum Gasteiger partial charge on any atom is 0.418 e. The predicted octanol–water partition coefficient (Wildman–Crippen LogP) is 2.16. The summed E-state index contributed by atoms with van der Waals surface area (Å²) < 4.78 is 11.4. The minimum absolute atomic E-state index is 0.286. The maximum absolute atomic E-state index is 12.4. The number of fused-ring (bicyclic) bond motifs is 2. The van der Waals surface area contributed by atoms with Crippen molar-refractivity contribution in [2.75, 3.05) is 31.1 Å². The van der Waals surface area contributed by atoms with Crippen LogP contribution in [-0.4, -0.2) is 52.7 Å². The lowest BCUT2D eigenvalue weighted by Gasteiger charge is -2.49. The van der Waals surface area contributed by atoms with Gasteiger partial charge in [-0.3, -0.25) is 9.88 Å². The minimum atomic E-state index is -0.410. The lowest BCUT2D eigenvalue weighted by atomic mass is 9.75. The molecular weight excluding hydrogens is 308 g/mol. The SMILES string of the molecule is O=C1O[C@]2(CN3CCC2CC3)CN1c1nc(-c2ccccn2)co1. The molecule has 2 aromatic rings.